The molecule has 0 bridgehead atoms. The number of hydrogen-bond donors (Lipinski definition) is 1. The Labute approximate surface area is 218 Å². The van der Waals surface area contributed by atoms with Gasteiger partial charge in [0.15, 0.2) is 0 Å². The topological polar surface area (TPSA) is 79.0 Å². The summed E-state index contributed by atoms with van der Waals surface area (Å²) in [5.74, 6) is -0.712. The molecule has 0 radical (unpaired) electrons. The Morgan fingerprint density at radius 3 is 2.00 bits per heavy atom. The van der Waals surface area contributed by atoms with Gasteiger partial charge in [-0.25, -0.2) is 0 Å². The molecule has 0 saturated carbocycles. The lowest BCUT2D eigenvalue weighted by Crippen LogP contribution is -2.59. The molecule has 0 aliphatic carbocycles. The van der Waals surface area contributed by atoms with Crippen LogP contribution in [0.2, 0.25) is 0 Å². The van der Waals surface area contributed by atoms with Crippen molar-refractivity contribution in [2.75, 3.05) is 34.3 Å². The number of nitrogens with one attached hydrogen (secondary N) is 1. The van der Waals surface area contributed by atoms with Crippen LogP contribution >= 0.6 is 0 Å². The number of amides is 2. The van der Waals surface area contributed by atoms with E-state index >= 15 is 0 Å². The summed E-state index contributed by atoms with van der Waals surface area (Å²) in [6.45, 7) is 16.9. The molecule has 0 fully saturated rings. The number of benzene rings is 1. The highest BCUT2D eigenvalue weighted by Crippen LogP contribution is 2.34. The normalized spacial score (nSPS) is 14.8. The molecular weight excluding hydrogens is 454 g/mol. The molecule has 0 unspecified atom stereocenters. The predicted molar refractivity (Wildman–Crippen MR) is 146 cm³/mol. The summed E-state index contributed by atoms with van der Waals surface area (Å²) in [5, 5.41) is 3.14. The number of likely N-dealkylation sites (N-methyl/N-ethyl adjacent to an activating group) is 2. The summed E-state index contributed by atoms with van der Waals surface area (Å²) < 4.78 is 4.78. The first-order valence-electron chi connectivity index (χ1n) is 13.0. The lowest BCUT2D eigenvalue weighted by Gasteiger charge is -2.41. The maximum absolute atomic E-state index is 13.9. The minimum atomic E-state index is -0.692. The smallest absolute Gasteiger partial charge is 0.319 e. The molecule has 0 spiro atoms. The molecule has 1 rings (SSSR count). The van der Waals surface area contributed by atoms with Crippen LogP contribution in [0.3, 0.4) is 0 Å². The summed E-state index contributed by atoms with van der Waals surface area (Å²) in [5.41, 5.74) is 0.209. The van der Waals surface area contributed by atoms with Gasteiger partial charge in [-0.3, -0.25) is 19.3 Å². The van der Waals surface area contributed by atoms with Gasteiger partial charge in [0.25, 0.3) is 0 Å². The van der Waals surface area contributed by atoms with E-state index < -0.39 is 16.9 Å². The van der Waals surface area contributed by atoms with E-state index in [2.05, 4.69) is 33.0 Å². The Hall–Kier alpha value is -2.41. The average Bonchev–Trinajstić information content (AvgIpc) is 2.79. The van der Waals surface area contributed by atoms with Gasteiger partial charge in [-0.15, -0.1) is 0 Å². The molecule has 1 aromatic carbocycles. The molecule has 7 heteroatoms. The zero-order valence-electron chi connectivity index (χ0n) is 24.3. The summed E-state index contributed by atoms with van der Waals surface area (Å²) in [6.07, 6.45) is 0.654. The van der Waals surface area contributed by atoms with Gasteiger partial charge < -0.3 is 15.0 Å². The molecule has 0 aliphatic rings. The fourth-order valence-electron chi connectivity index (χ4n) is 4.80. The third-order valence-electron chi connectivity index (χ3n) is 7.25. The van der Waals surface area contributed by atoms with Gasteiger partial charge in [-0.1, -0.05) is 85.7 Å². The number of methoxy groups -OCH3 is 1. The zero-order chi connectivity index (χ0) is 27.8. The van der Waals surface area contributed by atoms with Crippen LogP contribution in [-0.2, 0) is 24.5 Å². The van der Waals surface area contributed by atoms with Crippen molar-refractivity contribution in [3.8, 4) is 0 Å². The van der Waals surface area contributed by atoms with E-state index in [0.29, 0.717) is 13.0 Å². The molecule has 1 N–H and O–H groups in total. The largest absolute Gasteiger partial charge is 0.468 e. The molecule has 1 aromatic rings. The van der Waals surface area contributed by atoms with Crippen LogP contribution in [-0.4, -0.2) is 74.0 Å². The number of carbonyl (C=O) groups excluding carboxylic acids is 3. The Morgan fingerprint density at radius 1 is 1.00 bits per heavy atom. The van der Waals surface area contributed by atoms with E-state index in [4.69, 9.17) is 4.74 Å². The third-order valence-corrected chi connectivity index (χ3v) is 7.25. The molecular formula is C29H49N3O4. The number of carbonyl (C=O) groups is 3. The van der Waals surface area contributed by atoms with E-state index in [-0.39, 0.29) is 42.2 Å². The minimum absolute atomic E-state index is 0.114. The van der Waals surface area contributed by atoms with E-state index in [1.54, 1.807) is 11.9 Å². The second kappa shape index (κ2) is 13.2. The number of rotatable bonds is 12. The summed E-state index contributed by atoms with van der Waals surface area (Å²) in [7, 11) is 4.99. The van der Waals surface area contributed by atoms with Gasteiger partial charge in [0.2, 0.25) is 11.8 Å². The van der Waals surface area contributed by atoms with Crippen LogP contribution in [0.1, 0.15) is 67.4 Å². The molecule has 36 heavy (non-hydrogen) atoms. The lowest BCUT2D eigenvalue weighted by atomic mass is 9.71. The van der Waals surface area contributed by atoms with Crippen LogP contribution in [0.15, 0.2) is 30.3 Å². The molecule has 204 valence electrons. The SMILES string of the molecule is CC[C@H](C(=O)N[C@H](C(=O)N(C)[C@H](CN(C)CC(=O)OC)C(C)C)C(C)(C)C)C(C)(C)c1ccccc1. The van der Waals surface area contributed by atoms with Crippen molar-refractivity contribution in [3.05, 3.63) is 35.9 Å². The highest BCUT2D eigenvalue weighted by molar-refractivity contribution is 5.90. The van der Waals surface area contributed by atoms with Gasteiger partial charge >= 0.3 is 5.97 Å². The fourth-order valence-corrected chi connectivity index (χ4v) is 4.80. The van der Waals surface area contributed by atoms with Crippen molar-refractivity contribution in [3.63, 3.8) is 0 Å². The first-order valence-corrected chi connectivity index (χ1v) is 13.0. The number of esters is 1. The van der Waals surface area contributed by atoms with E-state index in [1.165, 1.54) is 7.11 Å². The zero-order valence-corrected chi connectivity index (χ0v) is 24.3. The number of ether oxygens (including phenoxy) is 1. The average molecular weight is 504 g/mol. The number of nitrogens with zero attached hydrogens (tertiary/aromatic N) is 2. The van der Waals surface area contributed by atoms with Crippen molar-refractivity contribution in [1.29, 1.82) is 0 Å². The first kappa shape index (κ1) is 31.6. The van der Waals surface area contributed by atoms with Crippen LogP contribution < -0.4 is 5.32 Å². The maximum atomic E-state index is 13.9. The first-order chi connectivity index (χ1) is 16.6. The van der Waals surface area contributed by atoms with Crippen molar-refractivity contribution in [2.45, 2.75) is 79.3 Å². The van der Waals surface area contributed by atoms with E-state index in [0.717, 1.165) is 5.56 Å². The Balaban J connectivity index is 3.18. The van der Waals surface area contributed by atoms with Gasteiger partial charge in [0.05, 0.1) is 13.7 Å². The van der Waals surface area contributed by atoms with Crippen molar-refractivity contribution >= 4 is 17.8 Å². The summed E-state index contributed by atoms with van der Waals surface area (Å²) >= 11 is 0. The van der Waals surface area contributed by atoms with Crippen LogP contribution in [0.25, 0.3) is 0 Å². The Kier molecular flexibility index (Phi) is 11.6. The van der Waals surface area contributed by atoms with Crippen LogP contribution in [0.5, 0.6) is 0 Å². The second-order valence-electron chi connectivity index (χ2n) is 11.9. The Bertz CT molecular complexity index is 861. The summed E-state index contributed by atoms with van der Waals surface area (Å²) in [6, 6.07) is 9.21. The maximum Gasteiger partial charge on any atom is 0.319 e. The van der Waals surface area contributed by atoms with Gasteiger partial charge in [-0.2, -0.15) is 0 Å². The highest BCUT2D eigenvalue weighted by atomic mass is 16.5. The predicted octanol–water partition coefficient (Wildman–Crippen LogP) is 4.11. The Morgan fingerprint density at radius 2 is 1.56 bits per heavy atom. The quantitative estimate of drug-likeness (QED) is 0.434. The number of hydrogen-bond acceptors (Lipinski definition) is 5. The third kappa shape index (κ3) is 8.32. The molecule has 2 amide bonds. The molecule has 7 nitrogen and oxygen atoms in total. The monoisotopic (exact) mass is 503 g/mol. The molecule has 0 aromatic heterocycles. The van der Waals surface area contributed by atoms with Crippen LogP contribution in [0, 0.1) is 17.3 Å². The molecule has 0 heterocycles. The lowest BCUT2D eigenvalue weighted by molar-refractivity contribution is -0.143. The fraction of sp³-hybridized carbons (Fsp3) is 0.690. The van der Waals surface area contributed by atoms with Gasteiger partial charge in [0, 0.05) is 31.0 Å². The van der Waals surface area contributed by atoms with Gasteiger partial charge in [-0.05, 0) is 30.4 Å². The van der Waals surface area contributed by atoms with E-state index in [9.17, 15) is 14.4 Å². The second-order valence-corrected chi connectivity index (χ2v) is 11.9. The summed E-state index contributed by atoms with van der Waals surface area (Å²) in [4.78, 5) is 42.9. The van der Waals surface area contributed by atoms with Crippen molar-refractivity contribution < 1.29 is 19.1 Å². The van der Waals surface area contributed by atoms with Crippen molar-refractivity contribution in [2.24, 2.45) is 17.3 Å². The molecule has 3 atom stereocenters. The standard InChI is InChI=1S/C29H49N3O4/c1-12-22(29(7,8)21-16-14-13-15-17-21)26(34)30-25(28(4,5)6)27(35)32(10)23(20(2)3)18-31(9)19-24(33)36-11/h13-17,20,22-23,25H,12,18-19H2,1-11H3,(H,30,34)/t22-,23-,25-/m1/s1. The van der Waals surface area contributed by atoms with Crippen LogP contribution in [0.4, 0.5) is 0 Å². The highest BCUT2D eigenvalue weighted by Gasteiger charge is 2.41. The van der Waals surface area contributed by atoms with Gasteiger partial charge in [0.1, 0.15) is 6.04 Å². The minimum Gasteiger partial charge on any atom is -0.468 e. The van der Waals surface area contributed by atoms with Crippen molar-refractivity contribution in [1.82, 2.24) is 15.1 Å². The van der Waals surface area contributed by atoms with E-state index in [1.807, 2.05) is 70.0 Å². The molecule has 0 aliphatic heterocycles. The molecule has 0 saturated heterocycles.